The van der Waals surface area contributed by atoms with E-state index in [-0.39, 0.29) is 5.97 Å². The Morgan fingerprint density at radius 2 is 2.24 bits per heavy atom. The maximum Gasteiger partial charge on any atom is 0.328 e. The number of ether oxygens (including phenoxy) is 1. The highest BCUT2D eigenvalue weighted by molar-refractivity contribution is 9.10. The second-order valence-electron chi connectivity index (χ2n) is 3.15. The van der Waals surface area contributed by atoms with Crippen LogP contribution in [-0.2, 0) is 9.53 Å². The van der Waals surface area contributed by atoms with E-state index < -0.39 is 6.04 Å². The molecule has 17 heavy (non-hydrogen) atoms. The minimum absolute atomic E-state index is 0.339. The van der Waals surface area contributed by atoms with Crippen molar-refractivity contribution in [3.05, 3.63) is 10.8 Å². The molecule has 1 aromatic heterocycles. The van der Waals surface area contributed by atoms with Crippen molar-refractivity contribution in [3.8, 4) is 0 Å². The molecule has 0 aliphatic heterocycles. The third kappa shape index (κ3) is 3.53. The van der Waals surface area contributed by atoms with Crippen LogP contribution in [0.4, 0.5) is 11.6 Å². The van der Waals surface area contributed by atoms with Gasteiger partial charge in [-0.3, -0.25) is 0 Å². The number of nitrogens with two attached hydrogens (primary N) is 1. The van der Waals surface area contributed by atoms with Crippen molar-refractivity contribution in [3.63, 3.8) is 0 Å². The topological polar surface area (TPSA) is 102 Å². The Morgan fingerprint density at radius 1 is 1.59 bits per heavy atom. The van der Waals surface area contributed by atoms with E-state index in [4.69, 9.17) is 10.6 Å². The van der Waals surface area contributed by atoms with Crippen LogP contribution in [0.3, 0.4) is 0 Å². The molecule has 0 spiro atoms. The number of nitrogen functional groups attached to an aromatic ring is 1. The molecule has 0 aliphatic carbocycles. The number of aromatic nitrogens is 2. The monoisotopic (exact) mass is 303 g/mol. The number of nitrogens with zero attached hydrogens (tertiary/aromatic N) is 2. The molecule has 1 aromatic rings. The number of hydrazine groups is 1. The number of carbonyl (C=O) groups excluding carboxylic acids is 1. The predicted octanol–water partition coefficient (Wildman–Crippen LogP) is 0.888. The van der Waals surface area contributed by atoms with Crippen LogP contribution in [0.2, 0.25) is 0 Å². The van der Waals surface area contributed by atoms with Crippen molar-refractivity contribution in [2.75, 3.05) is 17.3 Å². The van der Waals surface area contributed by atoms with Crippen molar-refractivity contribution >= 4 is 33.5 Å². The molecule has 0 aliphatic rings. The van der Waals surface area contributed by atoms with E-state index in [1.54, 1.807) is 13.8 Å². The van der Waals surface area contributed by atoms with E-state index in [0.717, 1.165) is 0 Å². The highest BCUT2D eigenvalue weighted by atomic mass is 79.9. The van der Waals surface area contributed by atoms with Crippen LogP contribution < -0.4 is 16.6 Å². The van der Waals surface area contributed by atoms with E-state index in [1.165, 1.54) is 6.33 Å². The Bertz CT molecular complexity index is 401. The summed E-state index contributed by atoms with van der Waals surface area (Å²) in [4.78, 5) is 19.3. The summed E-state index contributed by atoms with van der Waals surface area (Å²) >= 11 is 3.28. The summed E-state index contributed by atoms with van der Waals surface area (Å²) < 4.78 is 5.43. The summed E-state index contributed by atoms with van der Waals surface area (Å²) in [6.45, 7) is 3.77. The minimum Gasteiger partial charge on any atom is -0.464 e. The zero-order valence-electron chi connectivity index (χ0n) is 9.53. The molecule has 0 saturated carbocycles. The smallest absolute Gasteiger partial charge is 0.328 e. The normalized spacial score (nSPS) is 11.8. The number of halogens is 1. The largest absolute Gasteiger partial charge is 0.464 e. The van der Waals surface area contributed by atoms with Crippen molar-refractivity contribution in [2.24, 2.45) is 5.84 Å². The fourth-order valence-electron chi connectivity index (χ4n) is 1.10. The number of anilines is 2. The lowest BCUT2D eigenvalue weighted by Gasteiger charge is -2.14. The van der Waals surface area contributed by atoms with Gasteiger partial charge in [-0.25, -0.2) is 20.6 Å². The molecule has 7 nitrogen and oxygen atoms in total. The molecule has 1 rings (SSSR count). The molecule has 0 aromatic carbocycles. The Hall–Kier alpha value is -1.41. The van der Waals surface area contributed by atoms with Gasteiger partial charge < -0.3 is 15.5 Å². The molecule has 1 heterocycles. The number of nitrogens with one attached hydrogen (secondary N) is 2. The molecule has 0 radical (unpaired) electrons. The van der Waals surface area contributed by atoms with Gasteiger partial charge in [0.15, 0.2) is 5.82 Å². The Balaban J connectivity index is 2.78. The summed E-state index contributed by atoms with van der Waals surface area (Å²) in [6.07, 6.45) is 1.33. The summed E-state index contributed by atoms with van der Waals surface area (Å²) in [6, 6.07) is -0.508. The first-order chi connectivity index (χ1) is 8.10. The summed E-state index contributed by atoms with van der Waals surface area (Å²) in [5, 5.41) is 2.90. The maximum atomic E-state index is 11.4. The van der Waals surface area contributed by atoms with E-state index in [9.17, 15) is 4.79 Å². The van der Waals surface area contributed by atoms with E-state index in [2.05, 4.69) is 36.6 Å². The van der Waals surface area contributed by atoms with Gasteiger partial charge in [-0.15, -0.1) is 0 Å². The summed E-state index contributed by atoms with van der Waals surface area (Å²) in [5.74, 6) is 5.82. The lowest BCUT2D eigenvalue weighted by molar-refractivity contribution is -0.143. The fraction of sp³-hybridized carbons (Fsp3) is 0.444. The Kier molecular flexibility index (Phi) is 5.11. The van der Waals surface area contributed by atoms with E-state index >= 15 is 0 Å². The highest BCUT2D eigenvalue weighted by Crippen LogP contribution is 2.26. The molecule has 1 atom stereocenters. The molecule has 0 saturated heterocycles. The molecular formula is C9H14BrN5O2. The van der Waals surface area contributed by atoms with Crippen LogP contribution in [0.15, 0.2) is 10.8 Å². The van der Waals surface area contributed by atoms with Crippen LogP contribution in [-0.4, -0.2) is 28.6 Å². The van der Waals surface area contributed by atoms with Gasteiger partial charge in [0.05, 0.1) is 6.61 Å². The van der Waals surface area contributed by atoms with Gasteiger partial charge in [-0.2, -0.15) is 0 Å². The fourth-order valence-corrected chi connectivity index (χ4v) is 1.54. The average Bonchev–Trinajstić information content (AvgIpc) is 2.32. The zero-order chi connectivity index (χ0) is 12.8. The molecule has 1 unspecified atom stereocenters. The van der Waals surface area contributed by atoms with Crippen molar-refractivity contribution in [1.82, 2.24) is 9.97 Å². The second kappa shape index (κ2) is 6.36. The number of esters is 1. The average molecular weight is 304 g/mol. The van der Waals surface area contributed by atoms with Crippen molar-refractivity contribution in [1.29, 1.82) is 0 Å². The molecule has 0 bridgehead atoms. The molecular weight excluding hydrogens is 290 g/mol. The first-order valence-electron chi connectivity index (χ1n) is 5.00. The minimum atomic E-state index is -0.508. The molecule has 4 N–H and O–H groups in total. The number of hydrogen-bond donors (Lipinski definition) is 3. The van der Waals surface area contributed by atoms with Crippen molar-refractivity contribution < 1.29 is 9.53 Å². The van der Waals surface area contributed by atoms with Gasteiger partial charge in [0, 0.05) is 0 Å². The van der Waals surface area contributed by atoms with Gasteiger partial charge >= 0.3 is 5.97 Å². The standard InChI is InChI=1S/C9H14BrN5O2/c1-3-17-9(16)5(2)14-7-6(10)8(15-11)13-4-12-7/h4-5H,3,11H2,1-2H3,(H2,12,13,14,15). The molecule has 94 valence electrons. The Morgan fingerprint density at radius 3 is 2.82 bits per heavy atom. The third-order valence-electron chi connectivity index (χ3n) is 1.92. The SMILES string of the molecule is CCOC(=O)C(C)Nc1ncnc(NN)c1Br. The van der Waals surface area contributed by atoms with Crippen LogP contribution >= 0.6 is 15.9 Å². The maximum absolute atomic E-state index is 11.4. The lowest BCUT2D eigenvalue weighted by atomic mass is 10.3. The van der Waals surface area contributed by atoms with Gasteiger partial charge in [0.25, 0.3) is 0 Å². The van der Waals surface area contributed by atoms with Crippen molar-refractivity contribution in [2.45, 2.75) is 19.9 Å². The van der Waals surface area contributed by atoms with Crippen LogP contribution in [0.25, 0.3) is 0 Å². The predicted molar refractivity (Wildman–Crippen MR) is 67.3 cm³/mol. The first-order valence-corrected chi connectivity index (χ1v) is 5.79. The second-order valence-corrected chi connectivity index (χ2v) is 3.94. The van der Waals surface area contributed by atoms with E-state index in [1.807, 2.05) is 0 Å². The van der Waals surface area contributed by atoms with Crippen LogP contribution in [0.5, 0.6) is 0 Å². The lowest BCUT2D eigenvalue weighted by Crippen LogP contribution is -2.29. The molecule has 8 heteroatoms. The van der Waals surface area contributed by atoms with E-state index in [0.29, 0.717) is 22.7 Å². The molecule has 0 amide bonds. The zero-order valence-corrected chi connectivity index (χ0v) is 11.1. The summed E-state index contributed by atoms with van der Waals surface area (Å²) in [7, 11) is 0. The quantitative estimate of drug-likeness (QED) is 0.422. The summed E-state index contributed by atoms with van der Waals surface area (Å²) in [5.41, 5.74) is 2.41. The number of carbonyl (C=O) groups is 1. The van der Waals surface area contributed by atoms with Gasteiger partial charge in [0.2, 0.25) is 0 Å². The van der Waals surface area contributed by atoms with Gasteiger partial charge in [-0.05, 0) is 29.8 Å². The molecule has 0 fully saturated rings. The number of rotatable bonds is 5. The van der Waals surface area contributed by atoms with Crippen LogP contribution in [0, 0.1) is 0 Å². The van der Waals surface area contributed by atoms with Gasteiger partial charge in [-0.1, -0.05) is 0 Å². The number of hydrogen-bond acceptors (Lipinski definition) is 7. The first kappa shape index (κ1) is 13.7. The highest BCUT2D eigenvalue weighted by Gasteiger charge is 2.16. The van der Waals surface area contributed by atoms with Gasteiger partial charge in [0.1, 0.15) is 22.7 Å². The van der Waals surface area contributed by atoms with Crippen LogP contribution in [0.1, 0.15) is 13.8 Å². The third-order valence-corrected chi connectivity index (χ3v) is 2.67. The Labute approximate surface area is 107 Å².